The first kappa shape index (κ1) is 26.6. The molecule has 0 spiro atoms. The predicted octanol–water partition coefficient (Wildman–Crippen LogP) is 5.44. The van der Waals surface area contributed by atoms with Crippen molar-refractivity contribution in [3.63, 3.8) is 0 Å². The van der Waals surface area contributed by atoms with Crippen molar-refractivity contribution in [2.45, 2.75) is 44.3 Å². The number of nitrogens with zero attached hydrogens (tertiary/aromatic N) is 1. The molecule has 1 amide bonds. The largest absolute Gasteiger partial charge is 0.464 e. The maximum atomic E-state index is 14.2. The fourth-order valence-corrected chi connectivity index (χ4v) is 6.64. The maximum absolute atomic E-state index is 14.2. The molecule has 0 saturated carbocycles. The van der Waals surface area contributed by atoms with Crippen molar-refractivity contribution in [3.05, 3.63) is 108 Å². The maximum Gasteiger partial charge on any atom is 0.337 e. The first-order valence-electron chi connectivity index (χ1n) is 13.0. The number of anilines is 1. The van der Waals surface area contributed by atoms with Crippen LogP contribution in [0, 0.1) is 0 Å². The third-order valence-corrected chi connectivity index (χ3v) is 7.69. The summed E-state index contributed by atoms with van der Waals surface area (Å²) in [7, 11) is -2.38. The van der Waals surface area contributed by atoms with E-state index in [9.17, 15) is 14.4 Å². The second-order valence-corrected chi connectivity index (χ2v) is 15.0. The molecule has 3 aromatic carbocycles. The second-order valence-electron chi connectivity index (χ2n) is 10.6. The Kier molecular flexibility index (Phi) is 6.78. The minimum atomic E-state index is -2.38. The van der Waals surface area contributed by atoms with E-state index in [1.807, 2.05) is 74.2 Å². The quantitative estimate of drug-likeness (QED) is 0.225. The lowest BCUT2D eigenvalue weighted by molar-refractivity contribution is -0.183. The van der Waals surface area contributed by atoms with Gasteiger partial charge in [0.2, 0.25) is 5.79 Å². The van der Waals surface area contributed by atoms with Gasteiger partial charge in [0.25, 0.3) is 5.78 Å². The number of rotatable bonds is 7. The Morgan fingerprint density at radius 3 is 2.03 bits per heavy atom. The minimum absolute atomic E-state index is 0.0354. The normalized spacial score (nSPS) is 22.9. The van der Waals surface area contributed by atoms with Gasteiger partial charge in [-0.25, -0.2) is 4.79 Å². The van der Waals surface area contributed by atoms with Gasteiger partial charge >= 0.3 is 11.9 Å². The van der Waals surface area contributed by atoms with Crippen LogP contribution in [-0.2, 0) is 34.1 Å². The molecule has 2 atom stereocenters. The topological polar surface area (TPSA) is 82.1 Å². The Balaban J connectivity index is 1.90. The van der Waals surface area contributed by atoms with Crippen LogP contribution in [0.3, 0.4) is 0 Å². The zero-order valence-corrected chi connectivity index (χ0v) is 23.5. The predicted molar refractivity (Wildman–Crippen MR) is 150 cm³/mol. The van der Waals surface area contributed by atoms with Crippen LogP contribution in [0.2, 0.25) is 19.6 Å². The molecule has 0 bridgehead atoms. The van der Waals surface area contributed by atoms with E-state index in [1.165, 1.54) is 4.90 Å². The Morgan fingerprint density at radius 2 is 1.46 bits per heavy atom. The van der Waals surface area contributed by atoms with Gasteiger partial charge in [-0.1, -0.05) is 78.9 Å². The molecule has 2 aliphatic rings. The highest BCUT2D eigenvalue weighted by Crippen LogP contribution is 2.55. The van der Waals surface area contributed by atoms with Gasteiger partial charge in [0.05, 0.1) is 18.6 Å². The minimum Gasteiger partial charge on any atom is -0.464 e. The Bertz CT molecular complexity index is 1430. The number of benzene rings is 3. The van der Waals surface area contributed by atoms with Gasteiger partial charge in [-0.05, 0) is 38.7 Å². The van der Waals surface area contributed by atoms with Gasteiger partial charge in [0, 0.05) is 16.8 Å². The standard InChI is InChI=1S/C31H31NO6Si/c1-5-36-29(35)30-21-31(38-39(2,3)4,23-17-11-7-12-18-23)37-27(22-15-9-6-10-16-22)25(30)26(33)28(34)32(30)24-19-13-8-14-20-24/h6-20H,5,21H2,1-4H3/t30-,31+/m1/s1. The Hall–Kier alpha value is -4.01. The fraction of sp³-hybridized carbons (Fsp3) is 0.258. The number of para-hydroxylation sites is 1. The van der Waals surface area contributed by atoms with Gasteiger partial charge < -0.3 is 13.9 Å². The van der Waals surface area contributed by atoms with Crippen molar-refractivity contribution >= 4 is 37.4 Å². The summed E-state index contributed by atoms with van der Waals surface area (Å²) in [6.45, 7) is 7.84. The first-order chi connectivity index (χ1) is 18.6. The highest BCUT2D eigenvalue weighted by molar-refractivity contribution is 6.69. The average Bonchev–Trinajstić information content (AvgIpc) is 3.15. The molecule has 39 heavy (non-hydrogen) atoms. The van der Waals surface area contributed by atoms with E-state index in [2.05, 4.69) is 0 Å². The van der Waals surface area contributed by atoms with Crippen molar-refractivity contribution in [2.24, 2.45) is 0 Å². The molecule has 2 heterocycles. The number of amides is 1. The third kappa shape index (κ3) is 4.49. The highest BCUT2D eigenvalue weighted by Gasteiger charge is 2.69. The van der Waals surface area contributed by atoms with E-state index < -0.39 is 37.3 Å². The van der Waals surface area contributed by atoms with Gasteiger partial charge in [0.1, 0.15) is 5.76 Å². The van der Waals surface area contributed by atoms with Crippen molar-refractivity contribution < 1.29 is 28.3 Å². The lowest BCUT2D eigenvalue weighted by Gasteiger charge is -2.49. The van der Waals surface area contributed by atoms with Crippen LogP contribution in [0.15, 0.2) is 96.6 Å². The first-order valence-corrected chi connectivity index (χ1v) is 16.4. The van der Waals surface area contributed by atoms with E-state index in [0.29, 0.717) is 16.8 Å². The molecule has 0 unspecified atom stereocenters. The zero-order valence-electron chi connectivity index (χ0n) is 22.5. The van der Waals surface area contributed by atoms with E-state index >= 15 is 0 Å². The summed E-state index contributed by atoms with van der Waals surface area (Å²) in [6, 6.07) is 27.1. The van der Waals surface area contributed by atoms with Gasteiger partial charge in [-0.3, -0.25) is 14.5 Å². The summed E-state index contributed by atoms with van der Waals surface area (Å²) in [5.41, 5.74) is -0.237. The van der Waals surface area contributed by atoms with Crippen molar-refractivity contribution in [3.8, 4) is 0 Å². The van der Waals surface area contributed by atoms with Crippen LogP contribution in [-0.4, -0.2) is 38.1 Å². The molecule has 0 N–H and O–H groups in total. The molecule has 0 radical (unpaired) electrons. The van der Waals surface area contributed by atoms with Crippen LogP contribution in [0.1, 0.15) is 24.5 Å². The number of ketones is 1. The summed E-state index contributed by atoms with van der Waals surface area (Å²) >= 11 is 0. The molecule has 0 aliphatic carbocycles. The number of carbonyl (C=O) groups excluding carboxylic acids is 3. The monoisotopic (exact) mass is 541 g/mol. The number of Topliss-reactive ketones (excluding diaryl/α,β-unsaturated/α-hetero) is 1. The highest BCUT2D eigenvalue weighted by atomic mass is 28.4. The van der Waals surface area contributed by atoms with Crippen molar-refractivity contribution in [1.82, 2.24) is 0 Å². The van der Waals surface area contributed by atoms with Crippen LogP contribution in [0.5, 0.6) is 0 Å². The lowest BCUT2D eigenvalue weighted by Crippen LogP contribution is -2.61. The molecule has 1 fully saturated rings. The zero-order chi connectivity index (χ0) is 27.8. The number of carbonyl (C=O) groups is 3. The molecule has 1 saturated heterocycles. The molecule has 2 aliphatic heterocycles. The van der Waals surface area contributed by atoms with Crippen LogP contribution < -0.4 is 4.90 Å². The van der Waals surface area contributed by atoms with Crippen LogP contribution in [0.4, 0.5) is 5.69 Å². The van der Waals surface area contributed by atoms with Crippen molar-refractivity contribution in [2.75, 3.05) is 11.5 Å². The number of fused-ring (bicyclic) bond motifs is 1. The lowest BCUT2D eigenvalue weighted by atomic mass is 9.77. The SMILES string of the molecule is CCOC(=O)[C@@]12C[C@](O[Si](C)(C)C)(c3ccccc3)OC(c3ccccc3)=C1C(=O)C(=O)N2c1ccccc1. The van der Waals surface area contributed by atoms with Gasteiger partial charge in [-0.2, -0.15) is 0 Å². The molecule has 5 rings (SSSR count). The number of hydrogen-bond acceptors (Lipinski definition) is 6. The van der Waals surface area contributed by atoms with E-state index in [-0.39, 0.29) is 24.4 Å². The van der Waals surface area contributed by atoms with E-state index in [1.54, 1.807) is 43.3 Å². The number of esters is 1. The molecule has 7 nitrogen and oxygen atoms in total. The average molecular weight is 542 g/mol. The Labute approximate surface area is 229 Å². The van der Waals surface area contributed by atoms with Gasteiger partial charge in [0.15, 0.2) is 13.9 Å². The summed E-state index contributed by atoms with van der Waals surface area (Å²) in [5, 5.41) is 0. The van der Waals surface area contributed by atoms with E-state index in [0.717, 1.165) is 0 Å². The van der Waals surface area contributed by atoms with Gasteiger partial charge in [-0.15, -0.1) is 0 Å². The van der Waals surface area contributed by atoms with E-state index in [4.69, 9.17) is 13.9 Å². The summed E-state index contributed by atoms with van der Waals surface area (Å²) in [6.07, 6.45) is -0.162. The third-order valence-electron chi connectivity index (χ3n) is 6.75. The number of hydrogen-bond donors (Lipinski definition) is 0. The molecular weight excluding hydrogens is 510 g/mol. The fourth-order valence-electron chi connectivity index (χ4n) is 5.42. The second kappa shape index (κ2) is 9.94. The molecule has 8 heteroatoms. The van der Waals surface area contributed by atoms with Crippen LogP contribution >= 0.6 is 0 Å². The van der Waals surface area contributed by atoms with Crippen LogP contribution in [0.25, 0.3) is 5.76 Å². The summed E-state index contributed by atoms with van der Waals surface area (Å²) < 4.78 is 19.3. The Morgan fingerprint density at radius 1 is 0.897 bits per heavy atom. The number of ether oxygens (including phenoxy) is 2. The molecular formula is C31H31NO6Si. The smallest absolute Gasteiger partial charge is 0.337 e. The summed E-state index contributed by atoms with van der Waals surface area (Å²) in [4.78, 5) is 43.2. The molecule has 200 valence electrons. The molecule has 3 aromatic rings. The summed E-state index contributed by atoms with van der Waals surface area (Å²) in [5.74, 6) is -3.70. The molecule has 0 aromatic heterocycles. The van der Waals surface area contributed by atoms with Crippen molar-refractivity contribution in [1.29, 1.82) is 0 Å².